The Morgan fingerprint density at radius 3 is 2.19 bits per heavy atom. The highest BCUT2D eigenvalue weighted by atomic mass is 16.6. The van der Waals surface area contributed by atoms with Gasteiger partial charge in [-0.1, -0.05) is 0 Å². The third kappa shape index (κ3) is 7.05. The number of hydrogen-bond donors (Lipinski definition) is 1. The van der Waals surface area contributed by atoms with Gasteiger partial charge in [0.15, 0.2) is 0 Å². The number of carboxylic acids is 1. The number of hydrogen-bond acceptors (Lipinski definition) is 4. The van der Waals surface area contributed by atoms with Gasteiger partial charge in [-0.25, -0.2) is 4.79 Å². The molecule has 0 atom stereocenters. The van der Waals surface area contributed by atoms with Crippen molar-refractivity contribution in [2.75, 3.05) is 33.7 Å². The highest BCUT2D eigenvalue weighted by molar-refractivity contribution is 5.76. The minimum atomic E-state index is -1.04. The fraction of sp³-hybridized carbons (Fsp3) is 0.800. The fourth-order valence-electron chi connectivity index (χ4n) is 0.995. The molecule has 0 saturated carbocycles. The summed E-state index contributed by atoms with van der Waals surface area (Å²) < 4.78 is 4.95. The lowest BCUT2D eigenvalue weighted by atomic mass is 10.4. The maximum atomic E-state index is 11.5. The second-order valence-corrected chi connectivity index (χ2v) is 4.05. The standard InChI is InChI=1S/C10H20N2O4/c1-8(2)16-10(15)12(7-9(13)14)6-5-11(3)4/h8H,5-7H2,1-4H3,(H,13,14). The van der Waals surface area contributed by atoms with Crippen molar-refractivity contribution in [3.8, 4) is 0 Å². The molecular weight excluding hydrogens is 212 g/mol. The van der Waals surface area contributed by atoms with Crippen molar-refractivity contribution in [1.82, 2.24) is 9.80 Å². The van der Waals surface area contributed by atoms with Crippen LogP contribution in [0.4, 0.5) is 4.79 Å². The van der Waals surface area contributed by atoms with Crippen LogP contribution >= 0.6 is 0 Å². The monoisotopic (exact) mass is 232 g/mol. The summed E-state index contributed by atoms with van der Waals surface area (Å²) in [6, 6.07) is 0. The van der Waals surface area contributed by atoms with Crippen LogP contribution in [0.15, 0.2) is 0 Å². The molecule has 0 bridgehead atoms. The third-order valence-electron chi connectivity index (χ3n) is 1.74. The van der Waals surface area contributed by atoms with Crippen molar-refractivity contribution in [2.45, 2.75) is 20.0 Å². The van der Waals surface area contributed by atoms with E-state index in [1.807, 2.05) is 19.0 Å². The van der Waals surface area contributed by atoms with E-state index in [0.29, 0.717) is 13.1 Å². The Labute approximate surface area is 95.8 Å². The van der Waals surface area contributed by atoms with E-state index in [2.05, 4.69) is 0 Å². The quantitative estimate of drug-likeness (QED) is 0.721. The summed E-state index contributed by atoms with van der Waals surface area (Å²) in [5.74, 6) is -1.04. The Morgan fingerprint density at radius 1 is 1.25 bits per heavy atom. The van der Waals surface area contributed by atoms with Gasteiger partial charge in [-0.3, -0.25) is 9.69 Å². The average Bonchev–Trinajstić information content (AvgIpc) is 2.09. The summed E-state index contributed by atoms with van der Waals surface area (Å²) in [6.45, 7) is 4.05. The molecule has 0 heterocycles. The molecule has 0 spiro atoms. The molecule has 94 valence electrons. The lowest BCUT2D eigenvalue weighted by molar-refractivity contribution is -0.138. The minimum Gasteiger partial charge on any atom is -0.480 e. The van der Waals surface area contributed by atoms with Gasteiger partial charge < -0.3 is 14.7 Å². The number of nitrogens with zero attached hydrogens (tertiary/aromatic N) is 2. The van der Waals surface area contributed by atoms with E-state index < -0.39 is 12.1 Å². The van der Waals surface area contributed by atoms with E-state index in [-0.39, 0.29) is 12.6 Å². The molecule has 0 aliphatic rings. The van der Waals surface area contributed by atoms with Crippen molar-refractivity contribution < 1.29 is 19.4 Å². The SMILES string of the molecule is CC(C)OC(=O)N(CCN(C)C)CC(=O)O. The van der Waals surface area contributed by atoms with Gasteiger partial charge in [0.2, 0.25) is 0 Å². The van der Waals surface area contributed by atoms with Crippen molar-refractivity contribution in [3.63, 3.8) is 0 Å². The van der Waals surface area contributed by atoms with Crippen LogP contribution in [0.25, 0.3) is 0 Å². The third-order valence-corrected chi connectivity index (χ3v) is 1.74. The van der Waals surface area contributed by atoms with Crippen molar-refractivity contribution in [3.05, 3.63) is 0 Å². The molecule has 0 radical (unpaired) electrons. The Kier molecular flexibility index (Phi) is 6.48. The molecule has 0 aromatic carbocycles. The molecule has 0 aromatic heterocycles. The van der Waals surface area contributed by atoms with E-state index in [1.165, 1.54) is 4.90 Å². The molecule has 0 saturated heterocycles. The van der Waals surface area contributed by atoms with E-state index in [9.17, 15) is 9.59 Å². The molecule has 0 aromatic rings. The largest absolute Gasteiger partial charge is 0.480 e. The normalized spacial score (nSPS) is 10.6. The van der Waals surface area contributed by atoms with Gasteiger partial charge in [0.1, 0.15) is 6.54 Å². The van der Waals surface area contributed by atoms with Gasteiger partial charge in [-0.2, -0.15) is 0 Å². The number of rotatable bonds is 6. The predicted molar refractivity (Wildman–Crippen MR) is 59.4 cm³/mol. The molecule has 0 fully saturated rings. The highest BCUT2D eigenvalue weighted by Crippen LogP contribution is 1.98. The van der Waals surface area contributed by atoms with Crippen molar-refractivity contribution in [2.24, 2.45) is 0 Å². The summed E-state index contributed by atoms with van der Waals surface area (Å²) in [6.07, 6.45) is -0.831. The summed E-state index contributed by atoms with van der Waals surface area (Å²) in [4.78, 5) is 25.2. The first kappa shape index (κ1) is 14.7. The van der Waals surface area contributed by atoms with Crippen LogP contribution in [0.2, 0.25) is 0 Å². The van der Waals surface area contributed by atoms with Gasteiger partial charge >= 0.3 is 12.1 Å². The molecular formula is C10H20N2O4. The molecule has 6 nitrogen and oxygen atoms in total. The number of aliphatic carboxylic acids is 1. The first-order valence-corrected chi connectivity index (χ1v) is 5.15. The minimum absolute atomic E-state index is 0.247. The van der Waals surface area contributed by atoms with Crippen LogP contribution < -0.4 is 0 Å². The maximum absolute atomic E-state index is 11.5. The van der Waals surface area contributed by atoms with Crippen LogP contribution in [-0.2, 0) is 9.53 Å². The zero-order valence-corrected chi connectivity index (χ0v) is 10.3. The number of carboxylic acid groups (broad SMARTS) is 1. The summed E-state index contributed by atoms with van der Waals surface area (Å²) in [7, 11) is 3.71. The number of likely N-dealkylation sites (N-methyl/N-ethyl adjacent to an activating group) is 1. The summed E-state index contributed by atoms with van der Waals surface area (Å²) in [5.41, 5.74) is 0. The molecule has 16 heavy (non-hydrogen) atoms. The van der Waals surface area contributed by atoms with Crippen LogP contribution in [-0.4, -0.2) is 66.8 Å². The maximum Gasteiger partial charge on any atom is 0.410 e. The van der Waals surface area contributed by atoms with Gasteiger partial charge in [-0.05, 0) is 27.9 Å². The molecule has 0 aliphatic heterocycles. The smallest absolute Gasteiger partial charge is 0.410 e. The molecule has 0 unspecified atom stereocenters. The lowest BCUT2D eigenvalue weighted by Gasteiger charge is -2.23. The van der Waals surface area contributed by atoms with E-state index in [1.54, 1.807) is 13.8 Å². The van der Waals surface area contributed by atoms with Gasteiger partial charge in [0.05, 0.1) is 6.10 Å². The number of carbonyl (C=O) groups excluding carboxylic acids is 1. The second-order valence-electron chi connectivity index (χ2n) is 4.05. The van der Waals surface area contributed by atoms with Gasteiger partial charge in [-0.15, -0.1) is 0 Å². The molecule has 6 heteroatoms. The zero-order chi connectivity index (χ0) is 12.7. The van der Waals surface area contributed by atoms with Crippen LogP contribution in [0, 0.1) is 0 Å². The summed E-state index contributed by atoms with van der Waals surface area (Å²) in [5, 5.41) is 8.67. The topological polar surface area (TPSA) is 70.1 Å². The molecule has 0 aliphatic carbocycles. The Morgan fingerprint density at radius 2 is 1.81 bits per heavy atom. The van der Waals surface area contributed by atoms with Crippen LogP contribution in [0.1, 0.15) is 13.8 Å². The van der Waals surface area contributed by atoms with Gasteiger partial charge in [0.25, 0.3) is 0 Å². The molecule has 0 rings (SSSR count). The highest BCUT2D eigenvalue weighted by Gasteiger charge is 2.18. The second kappa shape index (κ2) is 7.05. The number of amides is 1. The van der Waals surface area contributed by atoms with E-state index >= 15 is 0 Å². The Hall–Kier alpha value is -1.30. The summed E-state index contributed by atoms with van der Waals surface area (Å²) >= 11 is 0. The average molecular weight is 232 g/mol. The van der Waals surface area contributed by atoms with Gasteiger partial charge in [0, 0.05) is 13.1 Å². The number of ether oxygens (including phenoxy) is 1. The van der Waals surface area contributed by atoms with Crippen molar-refractivity contribution in [1.29, 1.82) is 0 Å². The molecule has 1 amide bonds. The van der Waals surface area contributed by atoms with Crippen molar-refractivity contribution >= 4 is 12.1 Å². The van der Waals surface area contributed by atoms with E-state index in [4.69, 9.17) is 9.84 Å². The molecule has 1 N–H and O–H groups in total. The lowest BCUT2D eigenvalue weighted by Crippen LogP contribution is -2.41. The Bertz CT molecular complexity index is 241. The number of carbonyl (C=O) groups is 2. The van der Waals surface area contributed by atoms with Crippen LogP contribution in [0.3, 0.4) is 0 Å². The predicted octanol–water partition coefficient (Wildman–Crippen LogP) is 0.480. The zero-order valence-electron chi connectivity index (χ0n) is 10.3. The van der Waals surface area contributed by atoms with E-state index in [0.717, 1.165) is 0 Å². The fourth-order valence-corrected chi connectivity index (χ4v) is 0.995. The first-order chi connectivity index (χ1) is 7.32. The Balaban J connectivity index is 4.29. The van der Waals surface area contributed by atoms with Crippen LogP contribution in [0.5, 0.6) is 0 Å². The first-order valence-electron chi connectivity index (χ1n) is 5.15.